The molecule has 0 atom stereocenters. The summed E-state index contributed by atoms with van der Waals surface area (Å²) >= 11 is 8.11. The summed E-state index contributed by atoms with van der Waals surface area (Å²) in [7, 11) is 1.73. The van der Waals surface area contributed by atoms with Gasteiger partial charge in [0.15, 0.2) is 0 Å². The first kappa shape index (κ1) is 16.2. The van der Waals surface area contributed by atoms with Crippen LogP contribution < -0.4 is 5.32 Å². The molecule has 20 heavy (non-hydrogen) atoms. The number of methoxy groups -OCH3 is 1. The maximum Gasteiger partial charge on any atom is 0.0587 e. The SMILES string of the molecule is COCCNCc1cc(Cl)ccc1SCC1CCCC1. The highest BCUT2D eigenvalue weighted by Crippen LogP contribution is 2.33. The number of hydrogen-bond donors (Lipinski definition) is 1. The summed E-state index contributed by atoms with van der Waals surface area (Å²) in [5, 5.41) is 4.22. The third kappa shape index (κ3) is 5.28. The number of hydrogen-bond acceptors (Lipinski definition) is 3. The Kier molecular flexibility index (Phi) is 7.22. The van der Waals surface area contributed by atoms with Crippen LogP contribution in [0.3, 0.4) is 0 Å². The third-order valence-corrected chi connectivity index (χ3v) is 5.35. The van der Waals surface area contributed by atoms with Gasteiger partial charge in [-0.3, -0.25) is 0 Å². The second-order valence-corrected chi connectivity index (χ2v) is 6.88. The predicted octanol–water partition coefficient (Wildman–Crippen LogP) is 4.36. The van der Waals surface area contributed by atoms with Crippen molar-refractivity contribution in [3.05, 3.63) is 28.8 Å². The average Bonchev–Trinajstić information content (AvgIpc) is 2.96. The fourth-order valence-electron chi connectivity index (χ4n) is 2.61. The zero-order chi connectivity index (χ0) is 14.2. The van der Waals surface area contributed by atoms with Crippen LogP contribution in [0.2, 0.25) is 5.02 Å². The number of rotatable bonds is 8. The van der Waals surface area contributed by atoms with Gasteiger partial charge >= 0.3 is 0 Å². The van der Waals surface area contributed by atoms with Crippen LogP contribution in [0.25, 0.3) is 0 Å². The Labute approximate surface area is 131 Å². The first-order chi connectivity index (χ1) is 9.79. The van der Waals surface area contributed by atoms with Gasteiger partial charge in [-0.05, 0) is 42.5 Å². The lowest BCUT2D eigenvalue weighted by molar-refractivity contribution is 0.199. The Morgan fingerprint density at radius 3 is 2.90 bits per heavy atom. The summed E-state index contributed by atoms with van der Waals surface area (Å²) in [4.78, 5) is 1.37. The van der Waals surface area contributed by atoms with E-state index in [1.807, 2.05) is 17.8 Å². The van der Waals surface area contributed by atoms with Crippen LogP contribution in [0.1, 0.15) is 31.2 Å². The fraction of sp³-hybridized carbons (Fsp3) is 0.625. The van der Waals surface area contributed by atoms with E-state index < -0.39 is 0 Å². The highest BCUT2D eigenvalue weighted by molar-refractivity contribution is 7.99. The molecule has 2 rings (SSSR count). The van der Waals surface area contributed by atoms with Crippen LogP contribution in [0, 0.1) is 5.92 Å². The minimum Gasteiger partial charge on any atom is -0.383 e. The van der Waals surface area contributed by atoms with Crippen LogP contribution >= 0.6 is 23.4 Å². The van der Waals surface area contributed by atoms with E-state index in [9.17, 15) is 0 Å². The number of thioether (sulfide) groups is 1. The van der Waals surface area contributed by atoms with Crippen LogP contribution in [-0.2, 0) is 11.3 Å². The van der Waals surface area contributed by atoms with Gasteiger partial charge in [-0.15, -0.1) is 11.8 Å². The number of ether oxygens (including phenoxy) is 1. The summed E-state index contributed by atoms with van der Waals surface area (Å²) in [6, 6.07) is 6.24. The van der Waals surface area contributed by atoms with Crippen molar-refractivity contribution in [3.8, 4) is 0 Å². The van der Waals surface area contributed by atoms with Crippen molar-refractivity contribution in [2.75, 3.05) is 26.0 Å². The maximum atomic E-state index is 6.12. The average molecular weight is 314 g/mol. The Hall–Kier alpha value is -0.220. The molecule has 0 aromatic heterocycles. The van der Waals surface area contributed by atoms with Crippen molar-refractivity contribution in [2.24, 2.45) is 5.92 Å². The van der Waals surface area contributed by atoms with Crippen molar-refractivity contribution in [1.82, 2.24) is 5.32 Å². The van der Waals surface area contributed by atoms with Gasteiger partial charge in [0, 0.05) is 35.9 Å². The summed E-state index contributed by atoms with van der Waals surface area (Å²) < 4.78 is 5.05. The van der Waals surface area contributed by atoms with Crippen LogP contribution in [0.5, 0.6) is 0 Å². The molecule has 112 valence electrons. The smallest absolute Gasteiger partial charge is 0.0587 e. The molecule has 1 aliphatic rings. The summed E-state index contributed by atoms with van der Waals surface area (Å²) in [6.45, 7) is 2.47. The van der Waals surface area contributed by atoms with Crippen molar-refractivity contribution >= 4 is 23.4 Å². The molecule has 0 aliphatic heterocycles. The van der Waals surface area contributed by atoms with Gasteiger partial charge in [0.25, 0.3) is 0 Å². The van der Waals surface area contributed by atoms with E-state index in [0.29, 0.717) is 0 Å². The minimum atomic E-state index is 0.741. The first-order valence-electron chi connectivity index (χ1n) is 7.40. The molecule has 0 saturated heterocycles. The monoisotopic (exact) mass is 313 g/mol. The van der Waals surface area contributed by atoms with Gasteiger partial charge in [0.1, 0.15) is 0 Å². The molecule has 2 nitrogen and oxygen atoms in total. The molecule has 0 bridgehead atoms. The maximum absolute atomic E-state index is 6.12. The molecule has 0 radical (unpaired) electrons. The lowest BCUT2D eigenvalue weighted by Gasteiger charge is -2.13. The molecule has 1 aromatic carbocycles. The molecule has 0 amide bonds. The van der Waals surface area contributed by atoms with Crippen molar-refractivity contribution < 1.29 is 4.74 Å². The van der Waals surface area contributed by atoms with Crippen molar-refractivity contribution in [3.63, 3.8) is 0 Å². The Morgan fingerprint density at radius 1 is 1.35 bits per heavy atom. The lowest BCUT2D eigenvalue weighted by Crippen LogP contribution is -2.19. The van der Waals surface area contributed by atoms with Crippen molar-refractivity contribution in [2.45, 2.75) is 37.1 Å². The molecule has 1 aliphatic carbocycles. The molecule has 1 fully saturated rings. The second kappa shape index (κ2) is 8.93. The molecule has 0 spiro atoms. The third-order valence-electron chi connectivity index (χ3n) is 3.77. The molecule has 1 N–H and O–H groups in total. The standard InChI is InChI=1S/C16H24ClNOS/c1-19-9-8-18-11-14-10-15(17)6-7-16(14)20-12-13-4-2-3-5-13/h6-7,10,13,18H,2-5,8-9,11-12H2,1H3. The number of halogens is 1. The normalized spacial score (nSPS) is 15.9. The topological polar surface area (TPSA) is 21.3 Å². The van der Waals surface area contributed by atoms with E-state index in [1.54, 1.807) is 7.11 Å². The molecule has 1 saturated carbocycles. The van der Waals surface area contributed by atoms with Crippen molar-refractivity contribution in [1.29, 1.82) is 0 Å². The van der Waals surface area contributed by atoms with Gasteiger partial charge in [0.2, 0.25) is 0 Å². The first-order valence-corrected chi connectivity index (χ1v) is 8.77. The molecule has 0 unspecified atom stereocenters. The predicted molar refractivity (Wildman–Crippen MR) is 87.7 cm³/mol. The molecule has 0 heterocycles. The Morgan fingerprint density at radius 2 is 2.15 bits per heavy atom. The summed E-state index contributed by atoms with van der Waals surface area (Å²) in [5.74, 6) is 2.15. The van der Waals surface area contributed by atoms with E-state index in [-0.39, 0.29) is 0 Å². The second-order valence-electron chi connectivity index (χ2n) is 5.38. The Bertz CT molecular complexity index is 407. The van der Waals surface area contributed by atoms with Crippen LogP contribution in [0.4, 0.5) is 0 Å². The number of nitrogens with one attached hydrogen (secondary N) is 1. The molecule has 4 heteroatoms. The van der Waals surface area contributed by atoms with Gasteiger partial charge < -0.3 is 10.1 Å². The zero-order valence-electron chi connectivity index (χ0n) is 12.2. The minimum absolute atomic E-state index is 0.741. The van der Waals surface area contributed by atoms with E-state index in [2.05, 4.69) is 17.4 Å². The fourth-order valence-corrected chi connectivity index (χ4v) is 4.03. The highest BCUT2D eigenvalue weighted by Gasteiger charge is 2.15. The van der Waals surface area contributed by atoms with Gasteiger partial charge in [0.05, 0.1) is 6.61 Å². The molecular weight excluding hydrogens is 290 g/mol. The summed E-state index contributed by atoms with van der Waals surface area (Å²) in [6.07, 6.45) is 5.64. The quantitative estimate of drug-likeness (QED) is 0.569. The highest BCUT2D eigenvalue weighted by atomic mass is 35.5. The van der Waals surface area contributed by atoms with Gasteiger partial charge in [-0.25, -0.2) is 0 Å². The van der Waals surface area contributed by atoms with Gasteiger partial charge in [-0.2, -0.15) is 0 Å². The molecule has 1 aromatic rings. The molecular formula is C16H24ClNOS. The largest absolute Gasteiger partial charge is 0.383 e. The van der Waals surface area contributed by atoms with Crippen LogP contribution in [0.15, 0.2) is 23.1 Å². The van der Waals surface area contributed by atoms with Gasteiger partial charge in [-0.1, -0.05) is 24.4 Å². The number of benzene rings is 1. The van der Waals surface area contributed by atoms with E-state index in [4.69, 9.17) is 16.3 Å². The van der Waals surface area contributed by atoms with E-state index in [0.717, 1.165) is 30.6 Å². The Balaban J connectivity index is 1.88. The summed E-state index contributed by atoms with van der Waals surface area (Å²) in [5.41, 5.74) is 1.30. The van der Waals surface area contributed by atoms with E-state index >= 15 is 0 Å². The zero-order valence-corrected chi connectivity index (χ0v) is 13.7. The van der Waals surface area contributed by atoms with E-state index in [1.165, 1.54) is 41.9 Å². The lowest BCUT2D eigenvalue weighted by atomic mass is 10.1. The van der Waals surface area contributed by atoms with Crippen LogP contribution in [-0.4, -0.2) is 26.0 Å².